The van der Waals surface area contributed by atoms with E-state index in [9.17, 15) is 5.21 Å². The Morgan fingerprint density at radius 2 is 2.36 bits per heavy atom. The van der Waals surface area contributed by atoms with Crippen LogP contribution in [0.25, 0.3) is 0 Å². The van der Waals surface area contributed by atoms with Crippen LogP contribution in [-0.2, 0) is 0 Å². The number of hydroxylamine groups is 1. The van der Waals surface area contributed by atoms with Gasteiger partial charge >= 0.3 is 0 Å². The number of azo groups is 1. The van der Waals surface area contributed by atoms with E-state index in [0.29, 0.717) is 23.4 Å². The summed E-state index contributed by atoms with van der Waals surface area (Å²) in [7, 11) is 0. The van der Waals surface area contributed by atoms with E-state index in [-0.39, 0.29) is 0 Å². The third-order valence-electron chi connectivity index (χ3n) is 1.74. The van der Waals surface area contributed by atoms with Crippen molar-refractivity contribution in [1.29, 1.82) is 0 Å². The lowest BCUT2D eigenvalue weighted by atomic mass is 10.2. The fraction of sp³-hybridized carbons (Fsp3) is 0.333. The zero-order chi connectivity index (χ0) is 10.6. The number of hydrogen-bond acceptors (Lipinski definition) is 4. The number of nitrogens with two attached hydrogens (primary N) is 1. The minimum Gasteiger partial charge on any atom is -0.595 e. The molecule has 1 aliphatic heterocycles. The fourth-order valence-electron chi connectivity index (χ4n) is 1.24. The second kappa shape index (κ2) is 4.06. The highest BCUT2D eigenvalue weighted by Crippen LogP contribution is 2.15. The molecule has 0 fully saturated rings. The van der Waals surface area contributed by atoms with Crippen molar-refractivity contribution in [3.05, 3.63) is 42.4 Å². The van der Waals surface area contributed by atoms with Gasteiger partial charge in [-0.25, -0.2) is 0 Å². The van der Waals surface area contributed by atoms with Crippen molar-refractivity contribution in [1.82, 2.24) is 5.32 Å². The second-order valence-electron chi connectivity index (χ2n) is 3.09. The topological polar surface area (TPSA) is 76.5 Å². The summed E-state index contributed by atoms with van der Waals surface area (Å²) < 4.78 is 0. The predicted molar refractivity (Wildman–Crippen MR) is 53.8 cm³/mol. The van der Waals surface area contributed by atoms with E-state index in [2.05, 4.69) is 23.6 Å². The van der Waals surface area contributed by atoms with E-state index in [0.717, 1.165) is 0 Å². The summed E-state index contributed by atoms with van der Waals surface area (Å²) in [6.45, 7) is 7.14. The molecule has 1 heterocycles. The molecule has 0 aromatic carbocycles. The Morgan fingerprint density at radius 3 is 2.93 bits per heavy atom. The molecule has 0 amide bonds. The maximum Gasteiger partial charge on any atom is 0.249 e. The molecule has 1 rings (SSSR count). The summed E-state index contributed by atoms with van der Waals surface area (Å²) in [5.74, 6) is -1.07. The van der Waals surface area contributed by atoms with Crippen molar-refractivity contribution >= 4 is 0 Å². The second-order valence-corrected chi connectivity index (χ2v) is 3.09. The van der Waals surface area contributed by atoms with Crippen molar-refractivity contribution < 1.29 is 4.86 Å². The maximum atomic E-state index is 11.1. The lowest BCUT2D eigenvalue weighted by molar-refractivity contribution is -0.474. The summed E-state index contributed by atoms with van der Waals surface area (Å²) in [6, 6.07) is 0. The van der Waals surface area contributed by atoms with E-state index in [1.165, 1.54) is 6.20 Å². The normalized spacial score (nSPS) is 25.8. The van der Waals surface area contributed by atoms with Crippen LogP contribution in [0.3, 0.4) is 0 Å². The minimum atomic E-state index is -1.07. The highest BCUT2D eigenvalue weighted by molar-refractivity contribution is 5.06. The highest BCUT2D eigenvalue weighted by atomic mass is 16.5. The van der Waals surface area contributed by atoms with Gasteiger partial charge in [-0.2, -0.15) is 0 Å². The summed E-state index contributed by atoms with van der Waals surface area (Å²) in [6.07, 6.45) is 5.59. The van der Waals surface area contributed by atoms with Gasteiger partial charge in [-0.15, -0.1) is 13.2 Å². The largest absolute Gasteiger partial charge is 0.595 e. The molecule has 0 bridgehead atoms. The van der Waals surface area contributed by atoms with Crippen molar-refractivity contribution in [3.63, 3.8) is 0 Å². The molecule has 0 aromatic rings. The molecule has 0 aromatic heterocycles. The lowest BCUT2D eigenvalue weighted by Gasteiger charge is -2.26. The summed E-state index contributed by atoms with van der Waals surface area (Å²) >= 11 is 0. The smallest absolute Gasteiger partial charge is 0.249 e. The molecule has 1 atom stereocenters. The standard InChI is InChI=1S/C9H14N4O/c1-3-5-8-7-13(14)12-9(10,11-8)6-4-2/h3-4,7,11H,1-2,5-6,10H2. The molecule has 1 unspecified atom stereocenters. The summed E-state index contributed by atoms with van der Waals surface area (Å²) in [5, 5.41) is 17.8. The third kappa shape index (κ3) is 2.43. The molecule has 76 valence electrons. The van der Waals surface area contributed by atoms with Gasteiger partial charge < -0.3 is 10.5 Å². The van der Waals surface area contributed by atoms with Crippen LogP contribution in [-0.4, -0.2) is 10.6 Å². The van der Waals surface area contributed by atoms with Crippen LogP contribution < -0.4 is 11.1 Å². The quantitative estimate of drug-likeness (QED) is 0.400. The van der Waals surface area contributed by atoms with Gasteiger partial charge in [0.15, 0.2) is 0 Å². The first-order valence-electron chi connectivity index (χ1n) is 4.28. The average molecular weight is 194 g/mol. The molecular weight excluding hydrogens is 180 g/mol. The maximum absolute atomic E-state index is 11.1. The van der Waals surface area contributed by atoms with E-state index >= 15 is 0 Å². The van der Waals surface area contributed by atoms with Gasteiger partial charge in [0.1, 0.15) is 0 Å². The molecule has 14 heavy (non-hydrogen) atoms. The number of nitrogens with one attached hydrogen (secondary N) is 1. The Morgan fingerprint density at radius 1 is 1.64 bits per heavy atom. The van der Waals surface area contributed by atoms with Gasteiger partial charge in [-0.05, 0) is 0 Å². The van der Waals surface area contributed by atoms with E-state index in [1.807, 2.05) is 0 Å². The first-order chi connectivity index (χ1) is 6.59. The van der Waals surface area contributed by atoms with Gasteiger partial charge in [0.2, 0.25) is 12.0 Å². The van der Waals surface area contributed by atoms with Crippen LogP contribution in [0, 0.1) is 5.21 Å². The summed E-state index contributed by atoms with van der Waals surface area (Å²) in [4.78, 5) is 0.471. The van der Waals surface area contributed by atoms with Crippen molar-refractivity contribution in [2.24, 2.45) is 10.8 Å². The molecule has 5 nitrogen and oxygen atoms in total. The van der Waals surface area contributed by atoms with Crippen LogP contribution in [0.15, 0.2) is 42.3 Å². The van der Waals surface area contributed by atoms with Crippen LogP contribution in [0.2, 0.25) is 0 Å². The molecule has 1 aliphatic rings. The number of hydrogen-bond donors (Lipinski definition) is 2. The molecule has 0 saturated carbocycles. The molecule has 5 heteroatoms. The van der Waals surface area contributed by atoms with Gasteiger partial charge in [-0.3, -0.25) is 5.73 Å². The SMILES string of the molecule is C=CCC1=C[N+]([O-])=NC(N)(CC=C)N1. The van der Waals surface area contributed by atoms with Crippen molar-refractivity contribution in [2.45, 2.75) is 18.6 Å². The molecule has 0 saturated heterocycles. The van der Waals surface area contributed by atoms with Crippen molar-refractivity contribution in [3.8, 4) is 0 Å². The average Bonchev–Trinajstić information content (AvgIpc) is 2.02. The summed E-state index contributed by atoms with van der Waals surface area (Å²) in [5.41, 5.74) is 6.52. The Hall–Kier alpha value is -1.62. The Labute approximate surface area is 82.9 Å². The van der Waals surface area contributed by atoms with Crippen LogP contribution >= 0.6 is 0 Å². The van der Waals surface area contributed by atoms with E-state index in [4.69, 9.17) is 5.73 Å². The van der Waals surface area contributed by atoms with E-state index in [1.54, 1.807) is 12.2 Å². The number of allylic oxidation sites excluding steroid dienone is 1. The van der Waals surface area contributed by atoms with Gasteiger partial charge in [0.25, 0.3) is 0 Å². The van der Waals surface area contributed by atoms with Gasteiger partial charge in [0, 0.05) is 18.0 Å². The monoisotopic (exact) mass is 194 g/mol. The third-order valence-corrected chi connectivity index (χ3v) is 1.74. The molecule has 3 N–H and O–H groups in total. The van der Waals surface area contributed by atoms with Crippen LogP contribution in [0.4, 0.5) is 0 Å². The molecular formula is C9H14N4O. The zero-order valence-corrected chi connectivity index (χ0v) is 7.94. The van der Waals surface area contributed by atoms with Gasteiger partial charge in [0.05, 0.1) is 5.70 Å². The Balaban J connectivity index is 2.83. The Kier molecular flexibility index (Phi) is 3.03. The van der Waals surface area contributed by atoms with Gasteiger partial charge in [-0.1, -0.05) is 17.0 Å². The fourth-order valence-corrected chi connectivity index (χ4v) is 1.24. The highest BCUT2D eigenvalue weighted by Gasteiger charge is 2.31. The van der Waals surface area contributed by atoms with Crippen molar-refractivity contribution in [2.75, 3.05) is 0 Å². The minimum absolute atomic E-state index is 0.389. The van der Waals surface area contributed by atoms with E-state index < -0.39 is 5.79 Å². The van der Waals surface area contributed by atoms with Crippen LogP contribution in [0.5, 0.6) is 0 Å². The molecule has 0 aliphatic carbocycles. The zero-order valence-electron chi connectivity index (χ0n) is 7.94. The first-order valence-corrected chi connectivity index (χ1v) is 4.28. The lowest BCUT2D eigenvalue weighted by Crippen LogP contribution is -2.53. The molecule has 0 spiro atoms. The number of nitrogens with zero attached hydrogens (tertiary/aromatic N) is 2. The number of rotatable bonds is 4. The van der Waals surface area contributed by atoms with Crippen LogP contribution in [0.1, 0.15) is 12.8 Å². The first kappa shape index (κ1) is 10.5. The Bertz CT molecular complexity index is 308. The predicted octanol–water partition coefficient (Wildman–Crippen LogP) is 1.16. The molecule has 0 radical (unpaired) electrons.